The number of hydrogen-bond donors (Lipinski definition) is 0. The van der Waals surface area contributed by atoms with E-state index in [1.807, 2.05) is 0 Å². The van der Waals surface area contributed by atoms with E-state index >= 15 is 0 Å². The maximum absolute atomic E-state index is 6.47. The first kappa shape index (κ1) is 22.9. The van der Waals surface area contributed by atoms with E-state index in [0.29, 0.717) is 12.5 Å². The molecule has 1 nitrogen and oxygen atoms in total. The lowest BCUT2D eigenvalue weighted by Crippen LogP contribution is -2.18. The third kappa shape index (κ3) is 6.62. The fourth-order valence-corrected chi connectivity index (χ4v) is 4.88. The fraction of sp³-hybridized carbons (Fsp3) is 0.586. The molecule has 0 N–H and O–H groups in total. The van der Waals surface area contributed by atoms with Gasteiger partial charge < -0.3 is 4.74 Å². The molecule has 0 radical (unpaired) electrons. The minimum absolute atomic E-state index is 0.197. The van der Waals surface area contributed by atoms with Crippen molar-refractivity contribution < 1.29 is 4.74 Å². The molecule has 0 atom stereocenters. The maximum atomic E-state index is 6.47. The molecule has 30 heavy (non-hydrogen) atoms. The van der Waals surface area contributed by atoms with Crippen molar-refractivity contribution in [2.24, 2.45) is 0 Å². The van der Waals surface area contributed by atoms with Gasteiger partial charge in [0.2, 0.25) is 0 Å². The van der Waals surface area contributed by atoms with E-state index in [0.717, 1.165) is 5.75 Å². The average Bonchev–Trinajstić information content (AvgIpc) is 2.78. The van der Waals surface area contributed by atoms with Crippen molar-refractivity contribution in [2.75, 3.05) is 0 Å². The van der Waals surface area contributed by atoms with Gasteiger partial charge in [-0.1, -0.05) is 115 Å². The van der Waals surface area contributed by atoms with Crippen LogP contribution in [-0.4, -0.2) is 0 Å². The minimum atomic E-state index is 0.197. The standard InChI is InChI=1S/C29H42O/c1-4-5-6-7-14-21-29(2,3)26-19-20-27(25-17-12-9-13-18-25)28(22-26)30-23-24-15-10-8-11-16-24/h8,10-11,15-16,19-20,22,25H,4-7,9,12-14,17-18,21,23H2,1-3H3. The van der Waals surface area contributed by atoms with Gasteiger partial charge in [0.1, 0.15) is 12.4 Å². The Balaban J connectivity index is 1.75. The quantitative estimate of drug-likeness (QED) is 0.338. The van der Waals surface area contributed by atoms with E-state index in [1.54, 1.807) is 0 Å². The molecule has 2 aromatic rings. The van der Waals surface area contributed by atoms with Gasteiger partial charge in [0.15, 0.2) is 0 Å². The molecule has 3 rings (SSSR count). The highest BCUT2D eigenvalue weighted by Crippen LogP contribution is 2.40. The van der Waals surface area contributed by atoms with Gasteiger partial charge in [0, 0.05) is 0 Å². The first-order valence-corrected chi connectivity index (χ1v) is 12.4. The van der Waals surface area contributed by atoms with Crippen molar-refractivity contribution in [1.82, 2.24) is 0 Å². The van der Waals surface area contributed by atoms with Gasteiger partial charge in [-0.2, -0.15) is 0 Å². The van der Waals surface area contributed by atoms with Gasteiger partial charge >= 0.3 is 0 Å². The first-order chi connectivity index (χ1) is 14.6. The number of ether oxygens (including phenoxy) is 1. The minimum Gasteiger partial charge on any atom is -0.489 e. The highest BCUT2D eigenvalue weighted by atomic mass is 16.5. The molecule has 0 heterocycles. The monoisotopic (exact) mass is 406 g/mol. The first-order valence-electron chi connectivity index (χ1n) is 12.4. The third-order valence-corrected chi connectivity index (χ3v) is 6.98. The van der Waals surface area contributed by atoms with Crippen LogP contribution >= 0.6 is 0 Å². The number of hydrogen-bond acceptors (Lipinski definition) is 1. The zero-order chi connectivity index (χ0) is 21.2. The maximum Gasteiger partial charge on any atom is 0.123 e. The molecule has 0 spiro atoms. The molecule has 0 unspecified atom stereocenters. The molecule has 0 amide bonds. The third-order valence-electron chi connectivity index (χ3n) is 6.98. The Bertz CT molecular complexity index is 740. The molecular formula is C29H42O. The summed E-state index contributed by atoms with van der Waals surface area (Å²) in [5.41, 5.74) is 4.31. The lowest BCUT2D eigenvalue weighted by molar-refractivity contribution is 0.295. The van der Waals surface area contributed by atoms with Crippen LogP contribution in [-0.2, 0) is 12.0 Å². The predicted molar refractivity (Wildman–Crippen MR) is 129 cm³/mol. The largest absolute Gasteiger partial charge is 0.489 e. The van der Waals surface area contributed by atoms with Crippen molar-refractivity contribution in [3.05, 3.63) is 65.2 Å². The van der Waals surface area contributed by atoms with Crippen LogP contribution in [0.25, 0.3) is 0 Å². The summed E-state index contributed by atoms with van der Waals surface area (Å²) in [6.45, 7) is 7.75. The molecule has 2 aromatic carbocycles. The molecule has 0 bridgehead atoms. The van der Waals surface area contributed by atoms with Crippen LogP contribution in [0, 0.1) is 0 Å². The van der Waals surface area contributed by atoms with Gasteiger partial charge in [-0.15, -0.1) is 0 Å². The smallest absolute Gasteiger partial charge is 0.123 e. The normalized spacial score (nSPS) is 15.3. The SMILES string of the molecule is CCCCCCCC(C)(C)c1ccc(C2CCCCC2)c(OCc2ccccc2)c1. The lowest BCUT2D eigenvalue weighted by Gasteiger charge is -2.29. The lowest BCUT2D eigenvalue weighted by atomic mass is 9.77. The summed E-state index contributed by atoms with van der Waals surface area (Å²) in [7, 11) is 0. The second kappa shape index (κ2) is 11.6. The Kier molecular flexibility index (Phi) is 8.85. The van der Waals surface area contributed by atoms with Crippen LogP contribution in [0.15, 0.2) is 48.5 Å². The second-order valence-electron chi connectivity index (χ2n) is 9.91. The topological polar surface area (TPSA) is 9.23 Å². The highest BCUT2D eigenvalue weighted by molar-refractivity contribution is 5.42. The number of unbranched alkanes of at least 4 members (excludes halogenated alkanes) is 4. The Labute approximate surface area is 185 Å². The van der Waals surface area contributed by atoms with Crippen LogP contribution in [0.4, 0.5) is 0 Å². The van der Waals surface area contributed by atoms with E-state index in [4.69, 9.17) is 4.74 Å². The highest BCUT2D eigenvalue weighted by Gasteiger charge is 2.24. The van der Waals surface area contributed by atoms with E-state index < -0.39 is 0 Å². The average molecular weight is 407 g/mol. The summed E-state index contributed by atoms with van der Waals surface area (Å²) in [5, 5.41) is 0. The number of rotatable bonds is 11. The summed E-state index contributed by atoms with van der Waals surface area (Å²) in [6, 6.07) is 17.7. The zero-order valence-electron chi connectivity index (χ0n) is 19.6. The van der Waals surface area contributed by atoms with Gasteiger partial charge in [-0.05, 0) is 53.4 Å². The van der Waals surface area contributed by atoms with E-state index in [9.17, 15) is 0 Å². The van der Waals surface area contributed by atoms with Gasteiger partial charge in [-0.25, -0.2) is 0 Å². The molecule has 0 aliphatic heterocycles. The molecule has 1 aliphatic rings. The molecule has 0 aromatic heterocycles. The van der Waals surface area contributed by atoms with Crippen LogP contribution in [0.5, 0.6) is 5.75 Å². The second-order valence-corrected chi connectivity index (χ2v) is 9.91. The van der Waals surface area contributed by atoms with E-state index in [-0.39, 0.29) is 5.41 Å². The molecule has 1 aliphatic carbocycles. The van der Waals surface area contributed by atoms with Gasteiger partial charge in [0.25, 0.3) is 0 Å². The summed E-state index contributed by atoms with van der Waals surface area (Å²) in [6.07, 6.45) is 14.7. The molecule has 1 heteroatoms. The van der Waals surface area contributed by atoms with Crippen LogP contribution < -0.4 is 4.74 Å². The number of benzene rings is 2. The Morgan fingerprint density at radius 3 is 2.33 bits per heavy atom. The zero-order valence-corrected chi connectivity index (χ0v) is 19.6. The van der Waals surface area contributed by atoms with Crippen LogP contribution in [0.2, 0.25) is 0 Å². The van der Waals surface area contributed by atoms with Crippen molar-refractivity contribution in [3.8, 4) is 5.75 Å². The molecular weight excluding hydrogens is 364 g/mol. The summed E-state index contributed by atoms with van der Waals surface area (Å²) in [4.78, 5) is 0. The predicted octanol–water partition coefficient (Wildman–Crippen LogP) is 8.95. The fourth-order valence-electron chi connectivity index (χ4n) is 4.88. The summed E-state index contributed by atoms with van der Waals surface area (Å²) < 4.78 is 6.47. The molecule has 1 fully saturated rings. The van der Waals surface area contributed by atoms with Crippen molar-refractivity contribution >= 4 is 0 Å². The Morgan fingerprint density at radius 2 is 1.60 bits per heavy atom. The van der Waals surface area contributed by atoms with E-state index in [1.165, 1.54) is 87.3 Å². The van der Waals surface area contributed by atoms with Gasteiger partial charge in [-0.3, -0.25) is 0 Å². The van der Waals surface area contributed by atoms with Gasteiger partial charge in [0.05, 0.1) is 0 Å². The molecule has 164 valence electrons. The molecule has 0 saturated heterocycles. The summed E-state index contributed by atoms with van der Waals surface area (Å²) in [5.74, 6) is 1.79. The Morgan fingerprint density at radius 1 is 0.867 bits per heavy atom. The van der Waals surface area contributed by atoms with Crippen molar-refractivity contribution in [1.29, 1.82) is 0 Å². The van der Waals surface area contributed by atoms with Crippen molar-refractivity contribution in [3.63, 3.8) is 0 Å². The van der Waals surface area contributed by atoms with E-state index in [2.05, 4.69) is 69.3 Å². The molecule has 1 saturated carbocycles. The summed E-state index contributed by atoms with van der Waals surface area (Å²) >= 11 is 0. The Hall–Kier alpha value is -1.76. The van der Waals surface area contributed by atoms with Crippen molar-refractivity contribution in [2.45, 2.75) is 109 Å². The van der Waals surface area contributed by atoms with Crippen LogP contribution in [0.3, 0.4) is 0 Å². The van der Waals surface area contributed by atoms with Crippen LogP contribution in [0.1, 0.15) is 114 Å².